The van der Waals surface area contributed by atoms with Crippen LogP contribution in [0.4, 0.5) is 11.8 Å². The first-order valence-corrected chi connectivity index (χ1v) is 8.27. The number of aliphatic hydroxyl groups excluding tert-OH is 1. The van der Waals surface area contributed by atoms with E-state index in [9.17, 15) is 0 Å². The third-order valence-electron chi connectivity index (χ3n) is 3.45. The SMILES string of the molecule is CCCNc1ncc(Br)c(N2CCC(OCCO)CC2)n1. The van der Waals surface area contributed by atoms with Gasteiger partial charge in [0.25, 0.3) is 0 Å². The number of anilines is 2. The summed E-state index contributed by atoms with van der Waals surface area (Å²) < 4.78 is 6.51. The molecular weight excluding hydrogens is 336 g/mol. The maximum absolute atomic E-state index is 8.80. The molecule has 0 spiro atoms. The van der Waals surface area contributed by atoms with Crippen molar-refractivity contribution in [3.8, 4) is 0 Å². The van der Waals surface area contributed by atoms with Gasteiger partial charge in [-0.1, -0.05) is 6.92 Å². The van der Waals surface area contributed by atoms with Crippen LogP contribution >= 0.6 is 15.9 Å². The largest absolute Gasteiger partial charge is 0.394 e. The predicted molar refractivity (Wildman–Crippen MR) is 86.8 cm³/mol. The molecule has 1 aliphatic heterocycles. The second-order valence-electron chi connectivity index (χ2n) is 5.07. The Hall–Kier alpha value is -0.920. The van der Waals surface area contributed by atoms with E-state index in [1.54, 1.807) is 6.20 Å². The predicted octanol–water partition coefficient (Wildman–Crippen LogP) is 2.04. The Morgan fingerprint density at radius 1 is 1.48 bits per heavy atom. The minimum Gasteiger partial charge on any atom is -0.394 e. The molecule has 6 nitrogen and oxygen atoms in total. The third-order valence-corrected chi connectivity index (χ3v) is 4.00. The van der Waals surface area contributed by atoms with Crippen molar-refractivity contribution in [1.29, 1.82) is 0 Å². The lowest BCUT2D eigenvalue weighted by atomic mass is 10.1. The Labute approximate surface area is 134 Å². The lowest BCUT2D eigenvalue weighted by molar-refractivity contribution is 0.0158. The fourth-order valence-corrected chi connectivity index (χ4v) is 2.80. The van der Waals surface area contributed by atoms with E-state index in [1.807, 2.05) is 0 Å². The van der Waals surface area contributed by atoms with Gasteiger partial charge in [0.05, 0.1) is 23.8 Å². The van der Waals surface area contributed by atoms with E-state index >= 15 is 0 Å². The Morgan fingerprint density at radius 3 is 2.90 bits per heavy atom. The number of aromatic nitrogens is 2. The summed E-state index contributed by atoms with van der Waals surface area (Å²) in [7, 11) is 0. The van der Waals surface area contributed by atoms with Crippen LogP contribution < -0.4 is 10.2 Å². The molecule has 0 aromatic carbocycles. The van der Waals surface area contributed by atoms with E-state index < -0.39 is 0 Å². The molecule has 0 saturated carbocycles. The summed E-state index contributed by atoms with van der Waals surface area (Å²) >= 11 is 3.53. The molecule has 0 radical (unpaired) electrons. The number of rotatable bonds is 7. The first-order valence-electron chi connectivity index (χ1n) is 7.48. The fourth-order valence-electron chi connectivity index (χ4n) is 2.36. The highest BCUT2D eigenvalue weighted by atomic mass is 79.9. The van der Waals surface area contributed by atoms with Crippen molar-refractivity contribution in [2.24, 2.45) is 0 Å². The molecule has 2 rings (SSSR count). The molecule has 7 heteroatoms. The molecule has 1 fully saturated rings. The zero-order valence-electron chi connectivity index (χ0n) is 12.4. The summed E-state index contributed by atoms with van der Waals surface area (Å²) in [5, 5.41) is 12.0. The summed E-state index contributed by atoms with van der Waals surface area (Å²) in [5.74, 6) is 1.61. The van der Waals surface area contributed by atoms with Gasteiger partial charge in [-0.15, -0.1) is 0 Å². The number of nitrogens with zero attached hydrogens (tertiary/aromatic N) is 3. The van der Waals surface area contributed by atoms with Crippen molar-refractivity contribution >= 4 is 27.7 Å². The monoisotopic (exact) mass is 358 g/mol. The second-order valence-corrected chi connectivity index (χ2v) is 5.93. The lowest BCUT2D eigenvalue weighted by Crippen LogP contribution is -2.38. The summed E-state index contributed by atoms with van der Waals surface area (Å²) in [5.41, 5.74) is 0. The quantitative estimate of drug-likeness (QED) is 0.777. The number of hydrogen-bond acceptors (Lipinski definition) is 6. The van der Waals surface area contributed by atoms with Crippen molar-refractivity contribution in [3.63, 3.8) is 0 Å². The van der Waals surface area contributed by atoms with Crippen LogP contribution in [0.5, 0.6) is 0 Å². The van der Waals surface area contributed by atoms with Crippen molar-refractivity contribution in [2.45, 2.75) is 32.3 Å². The molecule has 0 bridgehead atoms. The highest BCUT2D eigenvalue weighted by molar-refractivity contribution is 9.10. The number of halogens is 1. The molecule has 2 heterocycles. The molecule has 21 heavy (non-hydrogen) atoms. The van der Waals surface area contributed by atoms with Crippen LogP contribution in [0, 0.1) is 0 Å². The van der Waals surface area contributed by atoms with E-state index in [0.717, 1.165) is 49.2 Å². The third kappa shape index (κ3) is 4.79. The van der Waals surface area contributed by atoms with Gasteiger partial charge in [0.1, 0.15) is 5.82 Å². The molecule has 2 N–H and O–H groups in total. The zero-order valence-corrected chi connectivity index (χ0v) is 14.0. The first kappa shape index (κ1) is 16.5. The van der Waals surface area contributed by atoms with Gasteiger partial charge in [-0.05, 0) is 35.2 Å². The highest BCUT2D eigenvalue weighted by Crippen LogP contribution is 2.27. The minimum atomic E-state index is 0.0874. The number of aliphatic hydroxyl groups is 1. The minimum absolute atomic E-state index is 0.0874. The van der Waals surface area contributed by atoms with Crippen molar-refractivity contribution in [3.05, 3.63) is 10.7 Å². The molecule has 1 aromatic heterocycles. The van der Waals surface area contributed by atoms with Gasteiger partial charge in [-0.3, -0.25) is 0 Å². The highest BCUT2D eigenvalue weighted by Gasteiger charge is 2.22. The zero-order chi connectivity index (χ0) is 15.1. The van der Waals surface area contributed by atoms with Crippen LogP contribution in [-0.4, -0.2) is 54.0 Å². The van der Waals surface area contributed by atoms with Crippen molar-refractivity contribution in [2.75, 3.05) is 43.1 Å². The molecule has 118 valence electrons. The average Bonchev–Trinajstić information content (AvgIpc) is 2.53. The topological polar surface area (TPSA) is 70.5 Å². The fraction of sp³-hybridized carbons (Fsp3) is 0.714. The van der Waals surface area contributed by atoms with Crippen LogP contribution in [0.1, 0.15) is 26.2 Å². The Bertz CT molecular complexity index is 439. The molecule has 1 aliphatic rings. The van der Waals surface area contributed by atoms with E-state index in [1.165, 1.54) is 0 Å². The van der Waals surface area contributed by atoms with Crippen molar-refractivity contribution < 1.29 is 9.84 Å². The van der Waals surface area contributed by atoms with Gasteiger partial charge in [-0.25, -0.2) is 4.98 Å². The number of piperidine rings is 1. The molecule has 0 unspecified atom stereocenters. The summed E-state index contributed by atoms with van der Waals surface area (Å²) in [6.45, 7) is 5.30. The van der Waals surface area contributed by atoms with Gasteiger partial charge >= 0.3 is 0 Å². The van der Waals surface area contributed by atoms with Gasteiger partial charge in [0.15, 0.2) is 0 Å². The number of hydrogen-bond donors (Lipinski definition) is 2. The second kappa shape index (κ2) is 8.51. The van der Waals surface area contributed by atoms with Gasteiger partial charge in [0.2, 0.25) is 5.95 Å². The van der Waals surface area contributed by atoms with Crippen LogP contribution in [0.25, 0.3) is 0 Å². The Kier molecular flexibility index (Phi) is 6.66. The van der Waals surface area contributed by atoms with Crippen molar-refractivity contribution in [1.82, 2.24) is 9.97 Å². The maximum atomic E-state index is 8.80. The van der Waals surface area contributed by atoms with Crippen LogP contribution in [0.2, 0.25) is 0 Å². The van der Waals surface area contributed by atoms with Gasteiger partial charge in [0, 0.05) is 25.8 Å². The summed E-state index contributed by atoms with van der Waals surface area (Å²) in [6.07, 6.45) is 4.99. The normalized spacial score (nSPS) is 16.2. The molecule has 0 amide bonds. The van der Waals surface area contributed by atoms with E-state index in [0.29, 0.717) is 12.6 Å². The van der Waals surface area contributed by atoms with E-state index in [2.05, 4.69) is 43.0 Å². The molecule has 1 saturated heterocycles. The number of ether oxygens (including phenoxy) is 1. The Morgan fingerprint density at radius 2 is 2.24 bits per heavy atom. The summed E-state index contributed by atoms with van der Waals surface area (Å²) in [6, 6.07) is 0. The molecule has 0 aliphatic carbocycles. The smallest absolute Gasteiger partial charge is 0.224 e. The van der Waals surface area contributed by atoms with E-state index in [4.69, 9.17) is 9.84 Å². The lowest BCUT2D eigenvalue weighted by Gasteiger charge is -2.33. The average molecular weight is 359 g/mol. The van der Waals surface area contributed by atoms with Crippen LogP contribution in [0.15, 0.2) is 10.7 Å². The molecular formula is C14H23BrN4O2. The van der Waals surface area contributed by atoms with Crippen LogP contribution in [-0.2, 0) is 4.74 Å². The molecule has 1 aromatic rings. The molecule has 0 atom stereocenters. The van der Waals surface area contributed by atoms with Crippen LogP contribution in [0.3, 0.4) is 0 Å². The first-order chi connectivity index (χ1) is 10.2. The standard InChI is InChI=1S/C14H23BrN4O2/c1-2-5-16-14-17-10-12(15)13(18-14)19-6-3-11(4-7-19)21-9-8-20/h10-11,20H,2-9H2,1H3,(H,16,17,18). The van der Waals surface area contributed by atoms with E-state index in [-0.39, 0.29) is 12.7 Å². The summed E-state index contributed by atoms with van der Waals surface area (Å²) in [4.78, 5) is 11.1. The maximum Gasteiger partial charge on any atom is 0.224 e. The Balaban J connectivity index is 1.95. The van der Waals surface area contributed by atoms with Gasteiger partial charge in [-0.2, -0.15) is 4.98 Å². The number of nitrogens with one attached hydrogen (secondary N) is 1. The van der Waals surface area contributed by atoms with Gasteiger partial charge < -0.3 is 20.1 Å².